The minimum absolute atomic E-state index is 0.262. The number of pyridine rings is 1. The summed E-state index contributed by atoms with van der Waals surface area (Å²) >= 11 is 0. The number of fused-ring (bicyclic) bond motifs is 8. The number of aromatic nitrogens is 1. The largest absolute Gasteiger partial charge is 0.508 e. The summed E-state index contributed by atoms with van der Waals surface area (Å²) in [5, 5.41) is 9.94. The number of phenols is 1. The molecule has 1 aromatic heterocycles. The summed E-state index contributed by atoms with van der Waals surface area (Å²) in [5.74, 6) is 0.262. The quantitative estimate of drug-likeness (QED) is 0.663. The van der Waals surface area contributed by atoms with Gasteiger partial charge in [0, 0.05) is 23.0 Å². The number of aromatic hydroxyl groups is 1. The number of anilines is 2. The number of hydrogen-bond acceptors (Lipinski definition) is 3. The van der Waals surface area contributed by atoms with E-state index >= 15 is 0 Å². The Hall–Kier alpha value is -3.07. The van der Waals surface area contributed by atoms with Crippen LogP contribution in [0.15, 0.2) is 66.9 Å². The second-order valence-electron chi connectivity index (χ2n) is 5.86. The van der Waals surface area contributed by atoms with Gasteiger partial charge in [0.25, 0.3) is 0 Å². The third-order valence-electron chi connectivity index (χ3n) is 4.55. The summed E-state index contributed by atoms with van der Waals surface area (Å²) in [4.78, 5) is 6.85. The van der Waals surface area contributed by atoms with Crippen LogP contribution in [0.3, 0.4) is 0 Å². The second kappa shape index (κ2) is 4.46. The first-order valence-corrected chi connectivity index (χ1v) is 7.70. The van der Waals surface area contributed by atoms with Crippen LogP contribution in [-0.4, -0.2) is 10.1 Å². The molecule has 23 heavy (non-hydrogen) atoms. The van der Waals surface area contributed by atoms with Gasteiger partial charge in [-0.25, -0.2) is 0 Å². The molecule has 3 heteroatoms. The Balaban J connectivity index is 1.87. The Morgan fingerprint density at radius 2 is 1.83 bits per heavy atom. The molecule has 0 spiro atoms. The Morgan fingerprint density at radius 3 is 2.78 bits per heavy atom. The van der Waals surface area contributed by atoms with Crippen molar-refractivity contribution in [1.82, 2.24) is 4.98 Å². The summed E-state index contributed by atoms with van der Waals surface area (Å²) in [6.07, 6.45) is 4.99. The lowest BCUT2D eigenvalue weighted by atomic mass is 9.90. The van der Waals surface area contributed by atoms with E-state index in [0.29, 0.717) is 0 Å². The third-order valence-corrected chi connectivity index (χ3v) is 4.55. The van der Waals surface area contributed by atoms with Crippen LogP contribution in [0.4, 0.5) is 11.4 Å². The molecule has 1 N–H and O–H groups in total. The van der Waals surface area contributed by atoms with Crippen molar-refractivity contribution in [2.24, 2.45) is 0 Å². The van der Waals surface area contributed by atoms with Gasteiger partial charge in [-0.15, -0.1) is 0 Å². The highest BCUT2D eigenvalue weighted by Crippen LogP contribution is 2.50. The zero-order valence-corrected chi connectivity index (χ0v) is 12.4. The van der Waals surface area contributed by atoms with Crippen molar-refractivity contribution in [2.75, 3.05) is 4.90 Å². The molecule has 0 amide bonds. The second-order valence-corrected chi connectivity index (χ2v) is 5.86. The molecule has 2 aliphatic heterocycles. The Morgan fingerprint density at radius 1 is 0.913 bits per heavy atom. The maximum Gasteiger partial charge on any atom is 0.116 e. The molecule has 0 atom stereocenters. The molecular weight excluding hydrogens is 284 g/mol. The molecule has 2 aliphatic rings. The standard InChI is InChI=1S/C20H14N2O/c23-14-8-10-19-16(12-14)20-15(5-3-11-21-20)18-9-7-13-4-1-2-6-17(13)22(18)19/h1-6,8-12,23H,7H2. The van der Waals surface area contributed by atoms with Crippen LogP contribution < -0.4 is 4.90 Å². The minimum Gasteiger partial charge on any atom is -0.508 e. The van der Waals surface area contributed by atoms with Gasteiger partial charge in [0.05, 0.1) is 17.1 Å². The van der Waals surface area contributed by atoms with E-state index in [-0.39, 0.29) is 5.75 Å². The number of benzene rings is 2. The van der Waals surface area contributed by atoms with Crippen LogP contribution in [0, 0.1) is 0 Å². The lowest BCUT2D eigenvalue weighted by Crippen LogP contribution is -2.24. The number of hydrogen-bond donors (Lipinski definition) is 1. The van der Waals surface area contributed by atoms with Crippen molar-refractivity contribution in [3.8, 4) is 17.0 Å². The number of rotatable bonds is 0. The summed E-state index contributed by atoms with van der Waals surface area (Å²) in [5.41, 5.74) is 7.75. The van der Waals surface area contributed by atoms with Crippen molar-refractivity contribution in [3.63, 3.8) is 0 Å². The van der Waals surface area contributed by atoms with E-state index < -0.39 is 0 Å². The molecule has 0 radical (unpaired) electrons. The fourth-order valence-corrected chi connectivity index (χ4v) is 3.55. The van der Waals surface area contributed by atoms with Gasteiger partial charge in [0.1, 0.15) is 5.75 Å². The first-order chi connectivity index (χ1) is 11.3. The van der Waals surface area contributed by atoms with Crippen LogP contribution in [0.25, 0.3) is 17.0 Å². The van der Waals surface area contributed by atoms with E-state index in [4.69, 9.17) is 0 Å². The van der Waals surface area contributed by atoms with E-state index in [1.807, 2.05) is 12.1 Å². The Kier molecular flexibility index (Phi) is 2.42. The van der Waals surface area contributed by atoms with E-state index in [1.165, 1.54) is 16.9 Å². The van der Waals surface area contributed by atoms with Crippen molar-refractivity contribution in [2.45, 2.75) is 6.42 Å². The minimum atomic E-state index is 0.262. The topological polar surface area (TPSA) is 36.4 Å². The molecule has 3 heterocycles. The van der Waals surface area contributed by atoms with Gasteiger partial charge in [-0.05, 0) is 48.4 Å². The molecule has 5 rings (SSSR count). The van der Waals surface area contributed by atoms with E-state index in [9.17, 15) is 5.11 Å². The number of nitrogens with zero attached hydrogens (tertiary/aromatic N) is 2. The maximum atomic E-state index is 9.94. The van der Waals surface area contributed by atoms with Crippen LogP contribution >= 0.6 is 0 Å². The Bertz CT molecular complexity index is 975. The third kappa shape index (κ3) is 1.67. The molecule has 0 unspecified atom stereocenters. The molecule has 0 saturated carbocycles. The lowest BCUT2D eigenvalue weighted by molar-refractivity contribution is 0.475. The van der Waals surface area contributed by atoms with Gasteiger partial charge < -0.3 is 10.0 Å². The lowest BCUT2D eigenvalue weighted by Gasteiger charge is -2.38. The molecule has 2 aromatic carbocycles. The highest BCUT2D eigenvalue weighted by Gasteiger charge is 2.31. The predicted molar refractivity (Wildman–Crippen MR) is 91.6 cm³/mol. The average molecular weight is 298 g/mol. The maximum absolute atomic E-state index is 9.94. The van der Waals surface area contributed by atoms with Gasteiger partial charge in [-0.3, -0.25) is 4.98 Å². The monoisotopic (exact) mass is 298 g/mol. The summed E-state index contributed by atoms with van der Waals surface area (Å²) < 4.78 is 0. The fraction of sp³-hybridized carbons (Fsp3) is 0.0500. The number of allylic oxidation sites excluding steroid dienone is 1. The molecular formula is C20H14N2O. The van der Waals surface area contributed by atoms with Crippen molar-refractivity contribution < 1.29 is 5.11 Å². The smallest absolute Gasteiger partial charge is 0.116 e. The zero-order valence-electron chi connectivity index (χ0n) is 12.4. The van der Waals surface area contributed by atoms with Crippen molar-refractivity contribution in [1.29, 1.82) is 0 Å². The van der Waals surface area contributed by atoms with Crippen LogP contribution in [0.5, 0.6) is 5.75 Å². The first kappa shape index (κ1) is 12.5. The SMILES string of the molecule is Oc1ccc2c(c1)-c1ncccc1C1=CCc3ccccc3N12. The molecule has 3 nitrogen and oxygen atoms in total. The molecule has 0 fully saturated rings. The molecule has 0 bridgehead atoms. The van der Waals surface area contributed by atoms with Crippen LogP contribution in [-0.2, 0) is 6.42 Å². The van der Waals surface area contributed by atoms with Crippen molar-refractivity contribution in [3.05, 3.63) is 78.0 Å². The van der Waals surface area contributed by atoms with Gasteiger partial charge >= 0.3 is 0 Å². The zero-order chi connectivity index (χ0) is 15.4. The van der Waals surface area contributed by atoms with E-state index in [0.717, 1.165) is 28.9 Å². The van der Waals surface area contributed by atoms with E-state index in [2.05, 4.69) is 46.3 Å². The highest BCUT2D eigenvalue weighted by atomic mass is 16.3. The first-order valence-electron chi connectivity index (χ1n) is 7.70. The summed E-state index contributed by atoms with van der Waals surface area (Å²) in [6.45, 7) is 0. The highest BCUT2D eigenvalue weighted by molar-refractivity contribution is 6.03. The summed E-state index contributed by atoms with van der Waals surface area (Å²) in [6, 6.07) is 18.0. The van der Waals surface area contributed by atoms with Gasteiger partial charge in [-0.2, -0.15) is 0 Å². The molecule has 110 valence electrons. The summed E-state index contributed by atoms with van der Waals surface area (Å²) in [7, 11) is 0. The number of phenolic OH excluding ortho intramolecular Hbond substituents is 1. The molecule has 0 aliphatic carbocycles. The molecule has 3 aromatic rings. The average Bonchev–Trinajstić information content (AvgIpc) is 2.61. The van der Waals surface area contributed by atoms with Gasteiger partial charge in [0.2, 0.25) is 0 Å². The molecule has 0 saturated heterocycles. The van der Waals surface area contributed by atoms with Crippen LogP contribution in [0.1, 0.15) is 11.1 Å². The fourth-order valence-electron chi connectivity index (χ4n) is 3.55. The van der Waals surface area contributed by atoms with E-state index in [1.54, 1.807) is 18.3 Å². The van der Waals surface area contributed by atoms with Gasteiger partial charge in [0.15, 0.2) is 0 Å². The normalized spacial score (nSPS) is 14.3. The predicted octanol–water partition coefficient (Wildman–Crippen LogP) is 4.50. The van der Waals surface area contributed by atoms with Gasteiger partial charge in [-0.1, -0.05) is 24.3 Å². The van der Waals surface area contributed by atoms with Crippen LogP contribution in [0.2, 0.25) is 0 Å². The number of para-hydroxylation sites is 1. The van der Waals surface area contributed by atoms with Crippen molar-refractivity contribution >= 4 is 17.1 Å². The Labute approximate surface area is 134 Å².